The molecule has 2 amide bonds. The summed E-state index contributed by atoms with van der Waals surface area (Å²) in [5.41, 5.74) is 1.67. The van der Waals surface area contributed by atoms with Gasteiger partial charge in [-0.15, -0.1) is 13.2 Å². The minimum Gasteiger partial charge on any atom is -0.479 e. The molecule has 12 nitrogen and oxygen atoms in total. The second-order valence-corrected chi connectivity index (χ2v) is 13.6. The minimum atomic E-state index is -1.33. The first-order valence-corrected chi connectivity index (χ1v) is 16.3. The van der Waals surface area contributed by atoms with Crippen LogP contribution in [0, 0.1) is 19.7 Å². The average Bonchev–Trinajstić information content (AvgIpc) is 3.44. The van der Waals surface area contributed by atoms with Crippen LogP contribution in [0.2, 0.25) is 0 Å². The summed E-state index contributed by atoms with van der Waals surface area (Å²) < 4.78 is 27.5. The van der Waals surface area contributed by atoms with Crippen LogP contribution in [-0.4, -0.2) is 79.8 Å². The number of amides is 2. The highest BCUT2D eigenvalue weighted by molar-refractivity contribution is 6.34. The number of anilines is 1. The van der Waals surface area contributed by atoms with Gasteiger partial charge in [0.25, 0.3) is 0 Å². The van der Waals surface area contributed by atoms with E-state index in [0.717, 1.165) is 0 Å². The zero-order valence-electron chi connectivity index (χ0n) is 29.2. The lowest BCUT2D eigenvalue weighted by Crippen LogP contribution is -2.45. The fourth-order valence-corrected chi connectivity index (χ4v) is 5.83. The molecular weight excluding hydrogens is 631 g/mol. The summed E-state index contributed by atoms with van der Waals surface area (Å²) in [6, 6.07) is 6.22. The predicted molar refractivity (Wildman–Crippen MR) is 184 cm³/mol. The third-order valence-corrected chi connectivity index (χ3v) is 8.34. The third-order valence-electron chi connectivity index (χ3n) is 8.34. The first-order valence-electron chi connectivity index (χ1n) is 16.3. The van der Waals surface area contributed by atoms with Gasteiger partial charge in [0.15, 0.2) is 11.8 Å². The largest absolute Gasteiger partial charge is 0.479 e. The number of aromatic nitrogens is 3. The van der Waals surface area contributed by atoms with Crippen LogP contribution in [0.25, 0.3) is 5.65 Å². The summed E-state index contributed by atoms with van der Waals surface area (Å²) in [6.07, 6.45) is 3.24. The van der Waals surface area contributed by atoms with Crippen LogP contribution in [0.3, 0.4) is 0 Å². The second-order valence-electron chi connectivity index (χ2n) is 13.6. The number of nitrogens with zero attached hydrogens (tertiary/aromatic N) is 5. The van der Waals surface area contributed by atoms with Gasteiger partial charge in [-0.05, 0) is 71.6 Å². The van der Waals surface area contributed by atoms with Gasteiger partial charge in [0.1, 0.15) is 11.6 Å². The quantitative estimate of drug-likeness (QED) is 0.193. The molecule has 0 saturated carbocycles. The Hall–Kier alpha value is -4.62. The molecule has 1 aliphatic heterocycles. The normalized spacial score (nSPS) is 15.1. The molecule has 0 aliphatic carbocycles. The first-order chi connectivity index (χ1) is 23.1. The second kappa shape index (κ2) is 15.3. The Morgan fingerprint density at radius 1 is 1.16 bits per heavy atom. The fourth-order valence-electron chi connectivity index (χ4n) is 5.83. The van der Waals surface area contributed by atoms with Crippen molar-refractivity contribution >= 4 is 29.2 Å². The van der Waals surface area contributed by atoms with Crippen molar-refractivity contribution in [2.24, 2.45) is 0 Å². The molecule has 1 fully saturated rings. The number of rotatable bonds is 13. The number of hydrogen-bond donors (Lipinski definition) is 2. The number of piperidine rings is 1. The van der Waals surface area contributed by atoms with Crippen LogP contribution in [-0.2, 0) is 36.9 Å². The third kappa shape index (κ3) is 9.09. The number of fused-ring (bicyclic) bond motifs is 1. The van der Waals surface area contributed by atoms with E-state index in [9.17, 15) is 23.9 Å². The fraction of sp³-hybridized carbons (Fsp3) is 0.472. The summed E-state index contributed by atoms with van der Waals surface area (Å²) in [5.74, 6) is -2.60. The van der Waals surface area contributed by atoms with E-state index in [1.807, 2.05) is 0 Å². The SMILES string of the molecule is C=CCOC1(C)CCN(c2c(C(OC(C)(C)C)C(=O)O)c(C)nc3cc(CNC(=O)C(=O)N(CC=C)Cc4ccc(F)c(C)c4)nn23)CC1. The van der Waals surface area contributed by atoms with Crippen LogP contribution in [0.4, 0.5) is 10.2 Å². The number of ether oxygens (including phenoxy) is 2. The molecule has 2 aromatic heterocycles. The van der Waals surface area contributed by atoms with Gasteiger partial charge >= 0.3 is 17.8 Å². The van der Waals surface area contributed by atoms with Crippen LogP contribution < -0.4 is 10.2 Å². The Labute approximate surface area is 286 Å². The molecule has 49 heavy (non-hydrogen) atoms. The van der Waals surface area contributed by atoms with Crippen molar-refractivity contribution in [2.75, 3.05) is 31.1 Å². The first kappa shape index (κ1) is 37.2. The number of aryl methyl sites for hydroxylation is 2. The van der Waals surface area contributed by atoms with Gasteiger partial charge < -0.3 is 29.7 Å². The lowest BCUT2D eigenvalue weighted by atomic mass is 9.92. The van der Waals surface area contributed by atoms with Crippen molar-refractivity contribution in [3.63, 3.8) is 0 Å². The molecule has 3 heterocycles. The van der Waals surface area contributed by atoms with E-state index in [1.165, 1.54) is 17.0 Å². The number of hydrogen-bond acceptors (Lipinski definition) is 8. The summed E-state index contributed by atoms with van der Waals surface area (Å²) >= 11 is 0. The summed E-state index contributed by atoms with van der Waals surface area (Å²) in [4.78, 5) is 47.0. The zero-order chi connectivity index (χ0) is 36.1. The number of benzene rings is 1. The Morgan fingerprint density at radius 3 is 2.45 bits per heavy atom. The van der Waals surface area contributed by atoms with Crippen molar-refractivity contribution in [1.29, 1.82) is 0 Å². The number of carboxylic acids is 1. The Balaban J connectivity index is 1.64. The summed E-state index contributed by atoms with van der Waals surface area (Å²) in [7, 11) is 0. The molecule has 3 aromatic rings. The number of carboxylic acid groups (broad SMARTS) is 1. The number of carbonyl (C=O) groups is 3. The van der Waals surface area contributed by atoms with E-state index in [0.29, 0.717) is 72.1 Å². The maximum atomic E-state index is 13.8. The van der Waals surface area contributed by atoms with Gasteiger partial charge in [-0.2, -0.15) is 9.61 Å². The molecule has 13 heteroatoms. The summed E-state index contributed by atoms with van der Waals surface area (Å²) in [5, 5.41) is 17.7. The monoisotopic (exact) mass is 678 g/mol. The van der Waals surface area contributed by atoms with Gasteiger partial charge in [0.2, 0.25) is 0 Å². The molecular formula is C36H47FN6O6. The van der Waals surface area contributed by atoms with E-state index in [1.54, 1.807) is 63.4 Å². The highest BCUT2D eigenvalue weighted by Crippen LogP contribution is 2.37. The van der Waals surface area contributed by atoms with E-state index >= 15 is 0 Å². The van der Waals surface area contributed by atoms with Gasteiger partial charge in [0.05, 0.1) is 35.6 Å². The molecule has 0 bridgehead atoms. The van der Waals surface area contributed by atoms with Crippen molar-refractivity contribution in [2.45, 2.75) is 84.8 Å². The van der Waals surface area contributed by atoms with Gasteiger partial charge in [-0.25, -0.2) is 14.2 Å². The van der Waals surface area contributed by atoms with Crippen molar-refractivity contribution in [3.8, 4) is 0 Å². The van der Waals surface area contributed by atoms with Crippen molar-refractivity contribution in [1.82, 2.24) is 24.8 Å². The Morgan fingerprint density at radius 2 is 1.86 bits per heavy atom. The van der Waals surface area contributed by atoms with Crippen LogP contribution in [0.15, 0.2) is 49.6 Å². The van der Waals surface area contributed by atoms with Gasteiger partial charge in [-0.1, -0.05) is 24.3 Å². The molecule has 4 rings (SSSR count). The number of halogens is 1. The lowest BCUT2D eigenvalue weighted by molar-refractivity contribution is -0.160. The van der Waals surface area contributed by atoms with E-state index in [-0.39, 0.29) is 31.1 Å². The smallest absolute Gasteiger partial charge is 0.337 e. The zero-order valence-corrected chi connectivity index (χ0v) is 29.2. The number of carbonyl (C=O) groups excluding carboxylic acids is 2. The van der Waals surface area contributed by atoms with Crippen LogP contribution >= 0.6 is 0 Å². The minimum absolute atomic E-state index is 0.0896. The van der Waals surface area contributed by atoms with E-state index in [4.69, 9.17) is 19.6 Å². The van der Waals surface area contributed by atoms with Gasteiger partial charge in [-0.3, -0.25) is 9.59 Å². The van der Waals surface area contributed by atoms with Crippen LogP contribution in [0.5, 0.6) is 0 Å². The Kier molecular flexibility index (Phi) is 11.6. The molecule has 1 unspecified atom stereocenters. The predicted octanol–water partition coefficient (Wildman–Crippen LogP) is 4.82. The van der Waals surface area contributed by atoms with E-state index in [2.05, 4.69) is 30.3 Å². The summed E-state index contributed by atoms with van der Waals surface area (Å²) in [6.45, 7) is 19.9. The lowest BCUT2D eigenvalue weighted by Gasteiger charge is -2.41. The molecule has 0 radical (unpaired) electrons. The standard InChI is InChI=1S/C36H47FN6O6/c1-9-15-42(22-25-11-12-27(37)23(3)19-25)33(45)31(44)38-21-26-20-28-39-24(4)29(30(34(46)47)49-35(5,6)7)32(43(28)40-26)41-16-13-36(8,14-17-41)48-18-10-2/h9-12,19-20,30H,1-2,13-18,21-22H2,3-8H3,(H,38,44)(H,46,47). The average molecular weight is 679 g/mol. The maximum Gasteiger partial charge on any atom is 0.337 e. The Bertz CT molecular complexity index is 1720. The molecule has 1 aromatic carbocycles. The molecule has 1 aliphatic rings. The maximum absolute atomic E-state index is 13.8. The topological polar surface area (TPSA) is 139 Å². The highest BCUT2D eigenvalue weighted by Gasteiger charge is 2.37. The van der Waals surface area contributed by atoms with Crippen molar-refractivity contribution in [3.05, 3.63) is 83.5 Å². The van der Waals surface area contributed by atoms with Gasteiger partial charge in [0, 0.05) is 37.9 Å². The molecule has 1 saturated heterocycles. The van der Waals surface area contributed by atoms with Crippen molar-refractivity contribution < 1.29 is 33.4 Å². The number of aliphatic carboxylic acids is 1. The molecule has 0 spiro atoms. The van der Waals surface area contributed by atoms with E-state index < -0.39 is 29.5 Å². The molecule has 1 atom stereocenters. The highest BCUT2D eigenvalue weighted by atomic mass is 19.1. The molecule has 264 valence electrons. The molecule has 2 N–H and O–H groups in total. The number of nitrogens with one attached hydrogen (secondary N) is 1. The van der Waals surface area contributed by atoms with Crippen LogP contribution in [0.1, 0.15) is 74.7 Å².